The van der Waals surface area contributed by atoms with Crippen LogP contribution < -0.4 is 15.4 Å². The lowest BCUT2D eigenvalue weighted by Crippen LogP contribution is -2.12. The van der Waals surface area contributed by atoms with Crippen LogP contribution in [0.15, 0.2) is 81.8 Å². The fourth-order valence-electron chi connectivity index (χ4n) is 2.74. The molecule has 3 aromatic rings. The number of halogens is 2. The fourth-order valence-corrected chi connectivity index (χ4v) is 4.16. The highest BCUT2D eigenvalue weighted by molar-refractivity contribution is 9.11. The lowest BCUT2D eigenvalue weighted by Gasteiger charge is -2.09. The van der Waals surface area contributed by atoms with E-state index in [-0.39, 0.29) is 11.8 Å². The zero-order valence-electron chi connectivity index (χ0n) is 16.0. The highest BCUT2D eigenvalue weighted by Gasteiger charge is 2.08. The molecule has 3 rings (SSSR count). The van der Waals surface area contributed by atoms with E-state index in [4.69, 9.17) is 4.74 Å². The molecule has 152 valence electrons. The number of amides is 2. The van der Waals surface area contributed by atoms with Crippen molar-refractivity contribution < 1.29 is 14.3 Å². The van der Waals surface area contributed by atoms with Gasteiger partial charge in [0.1, 0.15) is 5.75 Å². The monoisotopic (exact) mass is 528 g/mol. The molecule has 2 N–H and O–H groups in total. The molecule has 0 saturated heterocycles. The predicted octanol–water partition coefficient (Wildman–Crippen LogP) is 6.12. The molecule has 0 fully saturated rings. The lowest BCUT2D eigenvalue weighted by molar-refractivity contribution is -0.111. The Hall–Kier alpha value is -2.90. The summed E-state index contributed by atoms with van der Waals surface area (Å²) in [6.45, 7) is 0. The van der Waals surface area contributed by atoms with Crippen molar-refractivity contribution in [2.24, 2.45) is 0 Å². The summed E-state index contributed by atoms with van der Waals surface area (Å²) in [5, 5.41) is 5.61. The second-order valence-electron chi connectivity index (χ2n) is 6.23. The Kier molecular flexibility index (Phi) is 7.43. The van der Waals surface area contributed by atoms with Gasteiger partial charge in [0.25, 0.3) is 5.91 Å². The average Bonchev–Trinajstić information content (AvgIpc) is 2.73. The molecule has 7 heteroatoms. The standard InChI is InChI=1S/C23H18Br2N2O3/c1-30-22-16(12-17(24)13-20(22)25)10-11-21(28)26-18-8-5-9-19(14-18)27-23(29)15-6-3-2-4-7-15/h2-14H,1H3,(H,26,28)(H,27,29)/b11-10+. The van der Waals surface area contributed by atoms with Gasteiger partial charge in [-0.1, -0.05) is 40.2 Å². The maximum absolute atomic E-state index is 12.4. The first-order valence-electron chi connectivity index (χ1n) is 8.95. The number of rotatable bonds is 6. The Morgan fingerprint density at radius 2 is 1.60 bits per heavy atom. The molecule has 0 bridgehead atoms. The molecule has 0 spiro atoms. The molecule has 0 radical (unpaired) electrons. The minimum absolute atomic E-state index is 0.216. The second-order valence-corrected chi connectivity index (χ2v) is 8.00. The first-order chi connectivity index (χ1) is 14.5. The first-order valence-corrected chi connectivity index (χ1v) is 10.5. The number of carbonyl (C=O) groups is 2. The molecule has 0 atom stereocenters. The maximum Gasteiger partial charge on any atom is 0.255 e. The quantitative estimate of drug-likeness (QED) is 0.378. The van der Waals surface area contributed by atoms with Gasteiger partial charge in [-0.05, 0) is 64.5 Å². The SMILES string of the molecule is COc1c(Br)cc(Br)cc1/C=C/C(=O)Nc1cccc(NC(=O)c2ccccc2)c1. The molecule has 0 saturated carbocycles. The van der Waals surface area contributed by atoms with Crippen LogP contribution in [0.5, 0.6) is 5.75 Å². The zero-order chi connectivity index (χ0) is 21.5. The number of hydrogen-bond donors (Lipinski definition) is 2. The van der Waals surface area contributed by atoms with Crippen molar-refractivity contribution in [1.82, 2.24) is 0 Å². The number of ether oxygens (including phenoxy) is 1. The summed E-state index contributed by atoms with van der Waals surface area (Å²) in [7, 11) is 1.57. The number of carbonyl (C=O) groups excluding carboxylic acids is 2. The smallest absolute Gasteiger partial charge is 0.255 e. The molecule has 0 unspecified atom stereocenters. The molecule has 0 aliphatic carbocycles. The van der Waals surface area contributed by atoms with Gasteiger partial charge in [0, 0.05) is 33.1 Å². The van der Waals surface area contributed by atoms with E-state index in [0.717, 1.165) is 14.5 Å². The van der Waals surface area contributed by atoms with E-state index >= 15 is 0 Å². The number of methoxy groups -OCH3 is 1. The van der Waals surface area contributed by atoms with Crippen LogP contribution in [0, 0.1) is 0 Å². The molecule has 30 heavy (non-hydrogen) atoms. The number of anilines is 2. The summed E-state index contributed by atoms with van der Waals surface area (Å²) in [6.07, 6.45) is 3.09. The van der Waals surface area contributed by atoms with Crippen LogP contribution in [0.3, 0.4) is 0 Å². The summed E-state index contributed by atoms with van der Waals surface area (Å²) in [4.78, 5) is 24.7. The summed E-state index contributed by atoms with van der Waals surface area (Å²) < 4.78 is 7.02. The first kappa shape index (κ1) is 21.8. The van der Waals surface area contributed by atoms with Gasteiger partial charge >= 0.3 is 0 Å². The normalized spacial score (nSPS) is 10.6. The topological polar surface area (TPSA) is 67.4 Å². The van der Waals surface area contributed by atoms with Crippen LogP contribution in [0.1, 0.15) is 15.9 Å². The van der Waals surface area contributed by atoms with Gasteiger partial charge in [-0.25, -0.2) is 0 Å². The van der Waals surface area contributed by atoms with Gasteiger partial charge in [-0.15, -0.1) is 0 Å². The Morgan fingerprint density at radius 3 is 2.30 bits per heavy atom. The van der Waals surface area contributed by atoms with Gasteiger partial charge in [0.15, 0.2) is 0 Å². The highest BCUT2D eigenvalue weighted by atomic mass is 79.9. The maximum atomic E-state index is 12.4. The molecule has 0 aliphatic heterocycles. The van der Waals surface area contributed by atoms with Crippen LogP contribution in [-0.4, -0.2) is 18.9 Å². The van der Waals surface area contributed by atoms with E-state index in [1.807, 2.05) is 18.2 Å². The van der Waals surface area contributed by atoms with E-state index in [0.29, 0.717) is 22.7 Å². The van der Waals surface area contributed by atoms with Crippen molar-refractivity contribution in [3.8, 4) is 5.75 Å². The second kappa shape index (κ2) is 10.2. The molecule has 0 heterocycles. The minimum atomic E-state index is -0.306. The highest BCUT2D eigenvalue weighted by Crippen LogP contribution is 2.33. The molecular weight excluding hydrogens is 512 g/mol. The predicted molar refractivity (Wildman–Crippen MR) is 127 cm³/mol. The summed E-state index contributed by atoms with van der Waals surface area (Å²) >= 11 is 6.87. The Morgan fingerprint density at radius 1 is 0.900 bits per heavy atom. The number of benzene rings is 3. The van der Waals surface area contributed by atoms with E-state index in [9.17, 15) is 9.59 Å². The van der Waals surface area contributed by atoms with Crippen molar-refractivity contribution in [2.45, 2.75) is 0 Å². The lowest BCUT2D eigenvalue weighted by atomic mass is 10.2. The van der Waals surface area contributed by atoms with Crippen molar-refractivity contribution in [3.05, 3.63) is 92.9 Å². The molecule has 0 aliphatic rings. The van der Waals surface area contributed by atoms with Crippen molar-refractivity contribution in [1.29, 1.82) is 0 Å². The van der Waals surface area contributed by atoms with Crippen molar-refractivity contribution >= 4 is 61.1 Å². The largest absolute Gasteiger partial charge is 0.495 e. The van der Waals surface area contributed by atoms with Gasteiger partial charge in [0.05, 0.1) is 11.6 Å². The number of nitrogens with one attached hydrogen (secondary N) is 2. The van der Waals surface area contributed by atoms with Crippen LogP contribution in [0.4, 0.5) is 11.4 Å². The molecule has 0 aromatic heterocycles. The Labute approximate surface area is 191 Å². The molecule has 5 nitrogen and oxygen atoms in total. The van der Waals surface area contributed by atoms with Crippen LogP contribution in [-0.2, 0) is 4.79 Å². The third kappa shape index (κ3) is 5.81. The van der Waals surface area contributed by atoms with Gasteiger partial charge < -0.3 is 15.4 Å². The minimum Gasteiger partial charge on any atom is -0.495 e. The zero-order valence-corrected chi connectivity index (χ0v) is 19.2. The average molecular weight is 530 g/mol. The summed E-state index contributed by atoms with van der Waals surface area (Å²) in [5.41, 5.74) is 2.46. The summed E-state index contributed by atoms with van der Waals surface area (Å²) in [5.74, 6) is 0.110. The Bertz CT molecular complexity index is 1100. The third-order valence-corrected chi connectivity index (χ3v) is 5.13. The van der Waals surface area contributed by atoms with Crippen LogP contribution in [0.25, 0.3) is 6.08 Å². The fraction of sp³-hybridized carbons (Fsp3) is 0.0435. The van der Waals surface area contributed by atoms with E-state index in [2.05, 4.69) is 42.5 Å². The van der Waals surface area contributed by atoms with Crippen LogP contribution >= 0.6 is 31.9 Å². The van der Waals surface area contributed by atoms with Gasteiger partial charge in [-0.2, -0.15) is 0 Å². The van der Waals surface area contributed by atoms with Gasteiger partial charge in [0.2, 0.25) is 5.91 Å². The number of hydrogen-bond acceptors (Lipinski definition) is 3. The molecular formula is C23H18Br2N2O3. The molecule has 2 amide bonds. The van der Waals surface area contributed by atoms with E-state index in [1.165, 1.54) is 6.08 Å². The molecule has 3 aromatic carbocycles. The summed E-state index contributed by atoms with van der Waals surface area (Å²) in [6, 6.07) is 19.6. The van der Waals surface area contributed by atoms with E-state index in [1.54, 1.807) is 61.7 Å². The third-order valence-electron chi connectivity index (χ3n) is 4.08. The van der Waals surface area contributed by atoms with Crippen molar-refractivity contribution in [3.63, 3.8) is 0 Å². The van der Waals surface area contributed by atoms with Crippen LogP contribution in [0.2, 0.25) is 0 Å². The van der Waals surface area contributed by atoms with Crippen molar-refractivity contribution in [2.75, 3.05) is 17.7 Å². The van der Waals surface area contributed by atoms with E-state index < -0.39 is 0 Å². The Balaban J connectivity index is 1.68. The van der Waals surface area contributed by atoms with Gasteiger partial charge in [-0.3, -0.25) is 9.59 Å².